The third-order valence-electron chi connectivity index (χ3n) is 4.57. The minimum atomic E-state index is -3.66. The third-order valence-corrected chi connectivity index (χ3v) is 5.71. The number of anilines is 1. The molecule has 3 rings (SSSR count). The monoisotopic (exact) mass is 434 g/mol. The van der Waals surface area contributed by atoms with Crippen LogP contribution in [0.3, 0.4) is 0 Å². The Labute approximate surface area is 176 Å². The standard InChI is InChI=1S/C21H26N2O6S/c1-4-27-18-8-6-17(7-9-18)23(30(3,25)26)14-21(24)22-15(2)16-5-10-19-20(13-16)29-12-11-28-19/h5-10,13,15H,4,11-12,14H2,1-3H3,(H,22,24)/t15-/m0/s1. The van der Waals surface area contributed by atoms with E-state index in [2.05, 4.69) is 5.32 Å². The first kappa shape index (κ1) is 21.8. The number of nitrogens with one attached hydrogen (secondary N) is 1. The number of hydrogen-bond acceptors (Lipinski definition) is 6. The molecule has 0 saturated heterocycles. The van der Waals surface area contributed by atoms with Crippen LogP contribution >= 0.6 is 0 Å². The molecule has 0 saturated carbocycles. The summed E-state index contributed by atoms with van der Waals surface area (Å²) in [6, 6.07) is 11.7. The molecule has 1 aliphatic heterocycles. The molecular weight excluding hydrogens is 408 g/mol. The van der Waals surface area contributed by atoms with E-state index < -0.39 is 15.9 Å². The van der Waals surface area contributed by atoms with Crippen LogP contribution in [0.1, 0.15) is 25.5 Å². The SMILES string of the molecule is CCOc1ccc(N(CC(=O)N[C@@H](C)c2ccc3c(c2)OCCO3)S(C)(=O)=O)cc1. The summed E-state index contributed by atoms with van der Waals surface area (Å²) in [5, 5.41) is 2.84. The summed E-state index contributed by atoms with van der Waals surface area (Å²) in [6.45, 7) is 4.85. The molecule has 30 heavy (non-hydrogen) atoms. The first-order valence-electron chi connectivity index (χ1n) is 9.67. The summed E-state index contributed by atoms with van der Waals surface area (Å²) >= 11 is 0. The Kier molecular flexibility index (Phi) is 6.71. The van der Waals surface area contributed by atoms with E-state index in [1.165, 1.54) is 0 Å². The van der Waals surface area contributed by atoms with Gasteiger partial charge in [0, 0.05) is 0 Å². The van der Waals surface area contributed by atoms with Gasteiger partial charge in [0.2, 0.25) is 15.9 Å². The number of fused-ring (bicyclic) bond motifs is 1. The Morgan fingerprint density at radius 1 is 1.13 bits per heavy atom. The quantitative estimate of drug-likeness (QED) is 0.686. The fourth-order valence-corrected chi connectivity index (χ4v) is 3.96. The summed E-state index contributed by atoms with van der Waals surface area (Å²) in [5.74, 6) is 1.51. The minimum Gasteiger partial charge on any atom is -0.494 e. The minimum absolute atomic E-state index is 0.332. The van der Waals surface area contributed by atoms with Gasteiger partial charge in [0.25, 0.3) is 0 Å². The van der Waals surface area contributed by atoms with Crippen molar-refractivity contribution in [1.82, 2.24) is 5.32 Å². The fraction of sp³-hybridized carbons (Fsp3) is 0.381. The number of amides is 1. The normalized spacial score (nSPS) is 14.0. The summed E-state index contributed by atoms with van der Waals surface area (Å²) in [6.07, 6.45) is 1.07. The Balaban J connectivity index is 1.70. The number of carbonyl (C=O) groups is 1. The van der Waals surface area contributed by atoms with Crippen LogP contribution in [0.5, 0.6) is 17.2 Å². The third kappa shape index (κ3) is 5.35. The number of carbonyl (C=O) groups excluding carboxylic acids is 1. The van der Waals surface area contributed by atoms with Crippen LogP contribution in [0.15, 0.2) is 42.5 Å². The lowest BCUT2D eigenvalue weighted by atomic mass is 10.1. The van der Waals surface area contributed by atoms with Crippen molar-refractivity contribution in [1.29, 1.82) is 0 Å². The molecule has 2 aromatic carbocycles. The Morgan fingerprint density at radius 3 is 2.43 bits per heavy atom. The summed E-state index contributed by atoms with van der Waals surface area (Å²) in [7, 11) is -3.66. The number of ether oxygens (including phenoxy) is 3. The summed E-state index contributed by atoms with van der Waals surface area (Å²) in [5.41, 5.74) is 1.22. The van der Waals surface area contributed by atoms with Gasteiger partial charge in [-0.25, -0.2) is 8.42 Å². The highest BCUT2D eigenvalue weighted by Crippen LogP contribution is 2.32. The maximum atomic E-state index is 12.6. The highest BCUT2D eigenvalue weighted by Gasteiger charge is 2.22. The Hall–Kier alpha value is -2.94. The second-order valence-electron chi connectivity index (χ2n) is 6.89. The predicted molar refractivity (Wildman–Crippen MR) is 114 cm³/mol. The molecule has 1 aliphatic rings. The number of sulfonamides is 1. The molecule has 0 aromatic heterocycles. The van der Waals surface area contributed by atoms with E-state index in [0.717, 1.165) is 16.1 Å². The van der Waals surface area contributed by atoms with Crippen LogP contribution in [0, 0.1) is 0 Å². The van der Waals surface area contributed by atoms with E-state index in [-0.39, 0.29) is 12.6 Å². The molecule has 1 atom stereocenters. The molecule has 1 N–H and O–H groups in total. The smallest absolute Gasteiger partial charge is 0.241 e. The van der Waals surface area contributed by atoms with Crippen molar-refractivity contribution in [3.63, 3.8) is 0 Å². The lowest BCUT2D eigenvalue weighted by Gasteiger charge is -2.24. The predicted octanol–water partition coefficient (Wildman–Crippen LogP) is 2.50. The van der Waals surface area contributed by atoms with Gasteiger partial charge < -0.3 is 19.5 Å². The maximum Gasteiger partial charge on any atom is 0.241 e. The van der Waals surface area contributed by atoms with Gasteiger partial charge in [0.05, 0.1) is 24.6 Å². The van der Waals surface area contributed by atoms with E-state index in [9.17, 15) is 13.2 Å². The second-order valence-corrected chi connectivity index (χ2v) is 8.80. The van der Waals surface area contributed by atoms with Crippen LogP contribution in [-0.2, 0) is 14.8 Å². The molecule has 0 fully saturated rings. The van der Waals surface area contributed by atoms with Crippen LogP contribution in [0.4, 0.5) is 5.69 Å². The maximum absolute atomic E-state index is 12.6. The summed E-state index contributed by atoms with van der Waals surface area (Å²) in [4.78, 5) is 12.6. The van der Waals surface area contributed by atoms with Crippen molar-refractivity contribution in [3.8, 4) is 17.2 Å². The molecule has 2 aromatic rings. The molecule has 8 nitrogen and oxygen atoms in total. The van der Waals surface area contributed by atoms with Crippen molar-refractivity contribution < 1.29 is 27.4 Å². The van der Waals surface area contributed by atoms with Gasteiger partial charge in [0.15, 0.2) is 11.5 Å². The topological polar surface area (TPSA) is 94.2 Å². The molecule has 0 radical (unpaired) electrons. The molecule has 1 heterocycles. The van der Waals surface area contributed by atoms with Crippen LogP contribution in [0.2, 0.25) is 0 Å². The zero-order valence-corrected chi connectivity index (χ0v) is 18.1. The van der Waals surface area contributed by atoms with Gasteiger partial charge in [-0.3, -0.25) is 9.10 Å². The van der Waals surface area contributed by atoms with Crippen molar-refractivity contribution in [2.24, 2.45) is 0 Å². The zero-order chi connectivity index (χ0) is 21.7. The molecular formula is C21H26N2O6S. The lowest BCUT2D eigenvalue weighted by Crippen LogP contribution is -2.41. The van der Waals surface area contributed by atoms with E-state index in [0.29, 0.717) is 42.8 Å². The second kappa shape index (κ2) is 9.25. The van der Waals surface area contributed by atoms with Gasteiger partial charge in [-0.15, -0.1) is 0 Å². The van der Waals surface area contributed by atoms with E-state index in [4.69, 9.17) is 14.2 Å². The van der Waals surface area contributed by atoms with Crippen molar-refractivity contribution >= 4 is 21.6 Å². The average Bonchev–Trinajstić information content (AvgIpc) is 2.72. The van der Waals surface area contributed by atoms with Crippen LogP contribution in [0.25, 0.3) is 0 Å². The number of rotatable bonds is 8. The number of hydrogen-bond donors (Lipinski definition) is 1. The largest absolute Gasteiger partial charge is 0.494 e. The Bertz CT molecular complexity index is 991. The summed E-state index contributed by atoms with van der Waals surface area (Å²) < 4.78 is 42.1. The van der Waals surface area contributed by atoms with E-state index in [1.807, 2.05) is 26.0 Å². The first-order valence-corrected chi connectivity index (χ1v) is 11.5. The van der Waals surface area contributed by atoms with Gasteiger partial charge in [-0.1, -0.05) is 6.07 Å². The molecule has 0 bridgehead atoms. The van der Waals surface area contributed by atoms with E-state index in [1.54, 1.807) is 30.3 Å². The molecule has 0 unspecified atom stereocenters. The van der Waals surface area contributed by atoms with Gasteiger partial charge in [-0.05, 0) is 55.8 Å². The Morgan fingerprint density at radius 2 is 1.80 bits per heavy atom. The van der Waals surface area contributed by atoms with Crippen molar-refractivity contribution in [3.05, 3.63) is 48.0 Å². The van der Waals surface area contributed by atoms with Crippen LogP contribution < -0.4 is 23.8 Å². The van der Waals surface area contributed by atoms with Gasteiger partial charge in [0.1, 0.15) is 25.5 Å². The highest BCUT2D eigenvalue weighted by molar-refractivity contribution is 7.92. The highest BCUT2D eigenvalue weighted by atomic mass is 32.2. The van der Waals surface area contributed by atoms with Crippen LogP contribution in [-0.4, -0.2) is 46.9 Å². The molecule has 162 valence electrons. The van der Waals surface area contributed by atoms with E-state index >= 15 is 0 Å². The van der Waals surface area contributed by atoms with Gasteiger partial charge >= 0.3 is 0 Å². The lowest BCUT2D eigenvalue weighted by molar-refractivity contribution is -0.120. The number of nitrogens with zero attached hydrogens (tertiary/aromatic N) is 1. The molecule has 0 spiro atoms. The zero-order valence-electron chi connectivity index (χ0n) is 17.3. The fourth-order valence-electron chi connectivity index (χ4n) is 3.11. The first-order chi connectivity index (χ1) is 14.3. The van der Waals surface area contributed by atoms with Gasteiger partial charge in [-0.2, -0.15) is 0 Å². The molecule has 1 amide bonds. The average molecular weight is 435 g/mol. The van der Waals surface area contributed by atoms with Crippen molar-refractivity contribution in [2.45, 2.75) is 19.9 Å². The molecule has 0 aliphatic carbocycles. The number of benzene rings is 2. The van der Waals surface area contributed by atoms with Crippen molar-refractivity contribution in [2.75, 3.05) is 36.9 Å². The molecule has 9 heteroatoms.